The first-order valence-corrected chi connectivity index (χ1v) is 8.27. The molecule has 0 bridgehead atoms. The summed E-state index contributed by atoms with van der Waals surface area (Å²) in [5, 5.41) is 3.55. The third kappa shape index (κ3) is 4.21. The molecule has 3 nitrogen and oxygen atoms in total. The number of aryl methyl sites for hydroxylation is 1. The quantitative estimate of drug-likeness (QED) is 0.887. The van der Waals surface area contributed by atoms with Gasteiger partial charge in [-0.05, 0) is 44.0 Å². The van der Waals surface area contributed by atoms with Gasteiger partial charge in [0.2, 0.25) is 0 Å². The summed E-state index contributed by atoms with van der Waals surface area (Å²) in [6.45, 7) is 10.5. The number of nitrogens with one attached hydrogen (secondary N) is 1. The Labute approximate surface area is 130 Å². The predicted molar refractivity (Wildman–Crippen MR) is 88.5 cm³/mol. The largest absolute Gasteiger partial charge is 0.382 e. The van der Waals surface area contributed by atoms with E-state index in [4.69, 9.17) is 4.74 Å². The Morgan fingerprint density at radius 2 is 2.25 bits per heavy atom. The standard InChI is InChI=1S/C16H25BrN2O/c1-4-13-9-14(17)5-6-16(13)18-10-15-11-19(12(2)3)7-8-20-15/h5-6,9,12,15,18H,4,7-8,10-11H2,1-3H3. The summed E-state index contributed by atoms with van der Waals surface area (Å²) in [5.74, 6) is 0. The van der Waals surface area contributed by atoms with Crippen molar-refractivity contribution in [2.24, 2.45) is 0 Å². The van der Waals surface area contributed by atoms with Crippen LogP contribution in [0, 0.1) is 0 Å². The molecule has 1 N–H and O–H groups in total. The second kappa shape index (κ2) is 7.43. The zero-order valence-electron chi connectivity index (χ0n) is 12.7. The first kappa shape index (κ1) is 15.8. The number of halogens is 1. The van der Waals surface area contributed by atoms with Crippen molar-refractivity contribution in [1.29, 1.82) is 0 Å². The maximum absolute atomic E-state index is 5.86. The normalized spacial score (nSPS) is 20.4. The first-order chi connectivity index (χ1) is 9.60. The maximum Gasteiger partial charge on any atom is 0.0874 e. The highest BCUT2D eigenvalue weighted by atomic mass is 79.9. The molecule has 0 saturated carbocycles. The number of benzene rings is 1. The van der Waals surface area contributed by atoms with Gasteiger partial charge in [-0.25, -0.2) is 0 Å². The Hall–Kier alpha value is -0.580. The number of ether oxygens (including phenoxy) is 1. The van der Waals surface area contributed by atoms with Gasteiger partial charge in [0, 0.05) is 35.8 Å². The second-order valence-corrected chi connectivity index (χ2v) is 6.53. The molecule has 1 heterocycles. The molecule has 1 saturated heterocycles. The number of anilines is 1. The smallest absolute Gasteiger partial charge is 0.0874 e. The summed E-state index contributed by atoms with van der Waals surface area (Å²) in [6.07, 6.45) is 1.31. The van der Waals surface area contributed by atoms with Crippen LogP contribution in [-0.4, -0.2) is 43.3 Å². The first-order valence-electron chi connectivity index (χ1n) is 7.48. The van der Waals surface area contributed by atoms with E-state index < -0.39 is 0 Å². The van der Waals surface area contributed by atoms with Gasteiger partial charge < -0.3 is 10.1 Å². The predicted octanol–water partition coefficient (Wildman–Crippen LogP) is 3.53. The van der Waals surface area contributed by atoms with E-state index >= 15 is 0 Å². The van der Waals surface area contributed by atoms with Gasteiger partial charge in [0.15, 0.2) is 0 Å². The minimum atomic E-state index is 0.277. The Bertz CT molecular complexity index is 436. The molecule has 1 aromatic rings. The van der Waals surface area contributed by atoms with E-state index in [0.29, 0.717) is 6.04 Å². The molecule has 1 aliphatic rings. The lowest BCUT2D eigenvalue weighted by Crippen LogP contribution is -2.48. The van der Waals surface area contributed by atoms with E-state index in [9.17, 15) is 0 Å². The van der Waals surface area contributed by atoms with Gasteiger partial charge in [0.05, 0.1) is 12.7 Å². The molecule has 20 heavy (non-hydrogen) atoms. The molecule has 0 radical (unpaired) electrons. The fourth-order valence-electron chi connectivity index (χ4n) is 2.59. The monoisotopic (exact) mass is 340 g/mol. The van der Waals surface area contributed by atoms with Crippen LogP contribution < -0.4 is 5.32 Å². The van der Waals surface area contributed by atoms with Crippen molar-refractivity contribution in [3.8, 4) is 0 Å². The zero-order chi connectivity index (χ0) is 14.5. The molecule has 1 aliphatic heterocycles. The van der Waals surface area contributed by atoms with Crippen LogP contribution in [0.1, 0.15) is 26.3 Å². The summed E-state index contributed by atoms with van der Waals surface area (Å²) >= 11 is 3.53. The van der Waals surface area contributed by atoms with Crippen LogP contribution in [0.4, 0.5) is 5.69 Å². The van der Waals surface area contributed by atoms with E-state index in [1.165, 1.54) is 11.3 Å². The molecule has 1 unspecified atom stereocenters. The van der Waals surface area contributed by atoms with Crippen LogP contribution in [0.25, 0.3) is 0 Å². The van der Waals surface area contributed by atoms with Crippen molar-refractivity contribution in [3.05, 3.63) is 28.2 Å². The summed E-state index contributed by atoms with van der Waals surface area (Å²) in [6, 6.07) is 7.01. The van der Waals surface area contributed by atoms with Gasteiger partial charge in [0.25, 0.3) is 0 Å². The summed E-state index contributed by atoms with van der Waals surface area (Å²) < 4.78 is 7.00. The lowest BCUT2D eigenvalue weighted by atomic mass is 10.1. The zero-order valence-corrected chi connectivity index (χ0v) is 14.2. The van der Waals surface area contributed by atoms with E-state index in [-0.39, 0.29) is 6.10 Å². The van der Waals surface area contributed by atoms with Crippen LogP contribution >= 0.6 is 15.9 Å². The summed E-state index contributed by atoms with van der Waals surface area (Å²) in [7, 11) is 0. The van der Waals surface area contributed by atoms with Crippen molar-refractivity contribution in [1.82, 2.24) is 4.90 Å². The number of hydrogen-bond acceptors (Lipinski definition) is 3. The van der Waals surface area contributed by atoms with E-state index in [2.05, 4.69) is 65.1 Å². The van der Waals surface area contributed by atoms with Crippen LogP contribution in [0.3, 0.4) is 0 Å². The van der Waals surface area contributed by atoms with Gasteiger partial charge in [-0.2, -0.15) is 0 Å². The van der Waals surface area contributed by atoms with Gasteiger partial charge in [-0.1, -0.05) is 22.9 Å². The van der Waals surface area contributed by atoms with E-state index in [1.54, 1.807) is 0 Å². The van der Waals surface area contributed by atoms with Crippen LogP contribution in [0.15, 0.2) is 22.7 Å². The third-order valence-corrected chi connectivity index (χ3v) is 4.36. The summed E-state index contributed by atoms with van der Waals surface area (Å²) in [5.41, 5.74) is 2.57. The van der Waals surface area contributed by atoms with Crippen molar-refractivity contribution in [2.75, 3.05) is 31.6 Å². The molecule has 0 spiro atoms. The highest BCUT2D eigenvalue weighted by molar-refractivity contribution is 9.10. The van der Waals surface area contributed by atoms with Crippen molar-refractivity contribution < 1.29 is 4.74 Å². The van der Waals surface area contributed by atoms with E-state index in [1.807, 2.05) is 0 Å². The highest BCUT2D eigenvalue weighted by Crippen LogP contribution is 2.22. The fourth-order valence-corrected chi connectivity index (χ4v) is 2.99. The van der Waals surface area contributed by atoms with Crippen molar-refractivity contribution in [3.63, 3.8) is 0 Å². The highest BCUT2D eigenvalue weighted by Gasteiger charge is 2.22. The minimum Gasteiger partial charge on any atom is -0.382 e. The molecule has 112 valence electrons. The average Bonchev–Trinajstić information content (AvgIpc) is 2.46. The molecule has 1 atom stereocenters. The van der Waals surface area contributed by atoms with Gasteiger partial charge in [0.1, 0.15) is 0 Å². The number of morpholine rings is 1. The fraction of sp³-hybridized carbons (Fsp3) is 0.625. The van der Waals surface area contributed by atoms with E-state index in [0.717, 1.165) is 37.1 Å². The average molecular weight is 341 g/mol. The van der Waals surface area contributed by atoms with Crippen LogP contribution in [-0.2, 0) is 11.2 Å². The number of nitrogens with zero attached hydrogens (tertiary/aromatic N) is 1. The molecule has 1 fully saturated rings. The van der Waals surface area contributed by atoms with Crippen molar-refractivity contribution in [2.45, 2.75) is 39.3 Å². The van der Waals surface area contributed by atoms with Gasteiger partial charge in [-0.15, -0.1) is 0 Å². The van der Waals surface area contributed by atoms with Crippen molar-refractivity contribution >= 4 is 21.6 Å². The molecular weight excluding hydrogens is 316 g/mol. The topological polar surface area (TPSA) is 24.5 Å². The minimum absolute atomic E-state index is 0.277. The number of hydrogen-bond donors (Lipinski definition) is 1. The molecular formula is C16H25BrN2O. The SMILES string of the molecule is CCc1cc(Br)ccc1NCC1CN(C(C)C)CCO1. The molecule has 4 heteroatoms. The molecule has 0 aliphatic carbocycles. The molecule has 0 aromatic heterocycles. The Balaban J connectivity index is 1.91. The lowest BCUT2D eigenvalue weighted by molar-refractivity contribution is -0.0315. The Kier molecular flexibility index (Phi) is 5.87. The lowest BCUT2D eigenvalue weighted by Gasteiger charge is -2.35. The van der Waals surface area contributed by atoms with Gasteiger partial charge in [-0.3, -0.25) is 4.90 Å². The maximum atomic E-state index is 5.86. The number of rotatable bonds is 5. The van der Waals surface area contributed by atoms with Crippen LogP contribution in [0.2, 0.25) is 0 Å². The Morgan fingerprint density at radius 1 is 1.45 bits per heavy atom. The molecule has 0 amide bonds. The third-order valence-electron chi connectivity index (χ3n) is 3.87. The second-order valence-electron chi connectivity index (χ2n) is 5.62. The molecule has 1 aromatic carbocycles. The van der Waals surface area contributed by atoms with Gasteiger partial charge >= 0.3 is 0 Å². The van der Waals surface area contributed by atoms with Crippen LogP contribution in [0.5, 0.6) is 0 Å². The summed E-state index contributed by atoms with van der Waals surface area (Å²) in [4.78, 5) is 2.48. The molecule has 2 rings (SSSR count). The Morgan fingerprint density at radius 3 is 2.95 bits per heavy atom.